The second-order valence-corrected chi connectivity index (χ2v) is 8.12. The Balaban J connectivity index is 1.41. The molecule has 1 atom stereocenters. The highest BCUT2D eigenvalue weighted by molar-refractivity contribution is 5.56. The van der Waals surface area contributed by atoms with Crippen molar-refractivity contribution in [3.63, 3.8) is 0 Å². The van der Waals surface area contributed by atoms with Crippen LogP contribution in [0.25, 0.3) is 11.3 Å². The molecule has 3 aromatic heterocycles. The standard InChI is InChI=1S/C22H24N6O2/c29-20-8-7-19(17-3-1-9-23-13-17)25-28(20)15-18-4-2-11-27(18)21-22(30)26(12-10-24-21)14-16-5-6-16/h1,3,7-10,12-13,16,18H,2,4-6,11,14-15H2. The van der Waals surface area contributed by atoms with E-state index in [0.29, 0.717) is 24.0 Å². The first-order chi connectivity index (χ1) is 14.7. The number of hydrogen-bond donors (Lipinski definition) is 0. The van der Waals surface area contributed by atoms with Crippen LogP contribution in [0.1, 0.15) is 25.7 Å². The number of aromatic nitrogens is 5. The molecule has 2 fully saturated rings. The molecule has 0 spiro atoms. The van der Waals surface area contributed by atoms with Crippen LogP contribution < -0.4 is 16.0 Å². The zero-order valence-electron chi connectivity index (χ0n) is 16.7. The molecule has 3 aromatic rings. The average molecular weight is 404 g/mol. The lowest BCUT2D eigenvalue weighted by Gasteiger charge is -2.25. The molecule has 1 saturated heterocycles. The Morgan fingerprint density at radius 1 is 1.03 bits per heavy atom. The quantitative estimate of drug-likeness (QED) is 0.624. The number of rotatable bonds is 6. The van der Waals surface area contributed by atoms with E-state index in [4.69, 9.17) is 0 Å². The van der Waals surface area contributed by atoms with Crippen molar-refractivity contribution in [2.45, 2.75) is 44.8 Å². The molecular formula is C22H24N6O2. The van der Waals surface area contributed by atoms with Crippen LogP contribution in [-0.4, -0.2) is 36.9 Å². The maximum Gasteiger partial charge on any atom is 0.293 e. The molecule has 30 heavy (non-hydrogen) atoms. The van der Waals surface area contributed by atoms with Crippen LogP contribution in [0, 0.1) is 5.92 Å². The van der Waals surface area contributed by atoms with Crippen LogP contribution in [0.5, 0.6) is 0 Å². The second-order valence-electron chi connectivity index (χ2n) is 8.12. The Kier molecular flexibility index (Phi) is 4.90. The third-order valence-corrected chi connectivity index (χ3v) is 5.90. The maximum absolute atomic E-state index is 13.0. The van der Waals surface area contributed by atoms with Gasteiger partial charge in [-0.1, -0.05) is 0 Å². The van der Waals surface area contributed by atoms with Gasteiger partial charge in [0.2, 0.25) is 0 Å². The van der Waals surface area contributed by atoms with Crippen molar-refractivity contribution in [3.05, 3.63) is 69.8 Å². The zero-order valence-corrected chi connectivity index (χ0v) is 16.7. The molecule has 4 heterocycles. The number of nitrogens with zero attached hydrogens (tertiary/aromatic N) is 6. The number of anilines is 1. The smallest absolute Gasteiger partial charge is 0.293 e. The minimum atomic E-state index is -0.151. The Morgan fingerprint density at radius 2 is 1.93 bits per heavy atom. The highest BCUT2D eigenvalue weighted by Gasteiger charge is 2.30. The van der Waals surface area contributed by atoms with E-state index in [9.17, 15) is 9.59 Å². The van der Waals surface area contributed by atoms with E-state index in [1.54, 1.807) is 35.4 Å². The summed E-state index contributed by atoms with van der Waals surface area (Å²) in [5, 5.41) is 4.56. The minimum Gasteiger partial charge on any atom is -0.347 e. The fraction of sp³-hybridized carbons (Fsp3) is 0.409. The van der Waals surface area contributed by atoms with Crippen molar-refractivity contribution in [2.75, 3.05) is 11.4 Å². The Morgan fingerprint density at radius 3 is 2.73 bits per heavy atom. The molecule has 0 amide bonds. The first-order valence-corrected chi connectivity index (χ1v) is 10.5. The molecule has 0 N–H and O–H groups in total. The van der Waals surface area contributed by atoms with E-state index in [0.717, 1.165) is 31.5 Å². The fourth-order valence-electron chi connectivity index (χ4n) is 4.11. The average Bonchev–Trinajstić information content (AvgIpc) is 3.47. The van der Waals surface area contributed by atoms with Gasteiger partial charge >= 0.3 is 0 Å². The SMILES string of the molecule is O=c1c(N2CCCC2Cn2nc(-c3cccnc3)ccc2=O)nccn1CC1CC1. The van der Waals surface area contributed by atoms with Crippen molar-refractivity contribution >= 4 is 5.82 Å². The van der Waals surface area contributed by atoms with Gasteiger partial charge in [0.25, 0.3) is 11.1 Å². The number of pyridine rings is 1. The molecule has 0 bridgehead atoms. The summed E-state index contributed by atoms with van der Waals surface area (Å²) >= 11 is 0. The van der Waals surface area contributed by atoms with Crippen LogP contribution in [-0.2, 0) is 13.1 Å². The summed E-state index contributed by atoms with van der Waals surface area (Å²) in [5.74, 6) is 1.10. The van der Waals surface area contributed by atoms with Gasteiger partial charge in [-0.25, -0.2) is 9.67 Å². The Bertz CT molecular complexity index is 1150. The summed E-state index contributed by atoms with van der Waals surface area (Å²) in [6.45, 7) is 1.95. The van der Waals surface area contributed by atoms with E-state index in [1.165, 1.54) is 23.6 Å². The van der Waals surface area contributed by atoms with E-state index < -0.39 is 0 Å². The van der Waals surface area contributed by atoms with Gasteiger partial charge in [0.15, 0.2) is 5.82 Å². The van der Waals surface area contributed by atoms with Gasteiger partial charge in [-0.3, -0.25) is 14.6 Å². The summed E-state index contributed by atoms with van der Waals surface area (Å²) in [6, 6.07) is 7.04. The molecule has 1 saturated carbocycles. The molecule has 154 valence electrons. The summed E-state index contributed by atoms with van der Waals surface area (Å²) in [7, 11) is 0. The summed E-state index contributed by atoms with van der Waals surface area (Å²) in [5.41, 5.74) is 1.38. The van der Waals surface area contributed by atoms with Gasteiger partial charge in [0.05, 0.1) is 18.3 Å². The molecule has 5 rings (SSSR count). The van der Waals surface area contributed by atoms with Crippen LogP contribution >= 0.6 is 0 Å². The molecular weight excluding hydrogens is 380 g/mol. The lowest BCUT2D eigenvalue weighted by atomic mass is 10.2. The third-order valence-electron chi connectivity index (χ3n) is 5.90. The lowest BCUT2D eigenvalue weighted by molar-refractivity contribution is 0.486. The molecule has 0 radical (unpaired) electrons. The van der Waals surface area contributed by atoms with Crippen molar-refractivity contribution < 1.29 is 0 Å². The van der Waals surface area contributed by atoms with Gasteiger partial charge in [-0.15, -0.1) is 0 Å². The Labute approximate surface area is 173 Å². The largest absolute Gasteiger partial charge is 0.347 e. The summed E-state index contributed by atoms with van der Waals surface area (Å²) in [6.07, 6.45) is 11.2. The van der Waals surface area contributed by atoms with E-state index in [1.807, 2.05) is 12.1 Å². The van der Waals surface area contributed by atoms with Gasteiger partial charge in [-0.05, 0) is 49.8 Å². The topological polar surface area (TPSA) is 85.9 Å². The fourth-order valence-corrected chi connectivity index (χ4v) is 4.11. The van der Waals surface area contributed by atoms with Gasteiger partial charge in [-0.2, -0.15) is 5.10 Å². The van der Waals surface area contributed by atoms with Crippen molar-refractivity contribution in [1.29, 1.82) is 0 Å². The Hall–Kier alpha value is -3.29. The predicted octanol–water partition coefficient (Wildman–Crippen LogP) is 1.94. The van der Waals surface area contributed by atoms with Crippen molar-refractivity contribution in [3.8, 4) is 11.3 Å². The first kappa shape index (κ1) is 18.7. The third kappa shape index (κ3) is 3.77. The summed E-state index contributed by atoms with van der Waals surface area (Å²) < 4.78 is 3.28. The van der Waals surface area contributed by atoms with Gasteiger partial charge in [0.1, 0.15) is 0 Å². The summed E-state index contributed by atoms with van der Waals surface area (Å²) in [4.78, 5) is 36.0. The molecule has 8 nitrogen and oxygen atoms in total. The second kappa shape index (κ2) is 7.85. The highest BCUT2D eigenvalue weighted by Crippen LogP contribution is 2.30. The van der Waals surface area contributed by atoms with E-state index in [-0.39, 0.29) is 17.2 Å². The monoisotopic (exact) mass is 404 g/mol. The first-order valence-electron chi connectivity index (χ1n) is 10.5. The van der Waals surface area contributed by atoms with Crippen LogP contribution in [0.15, 0.2) is 58.6 Å². The molecule has 1 aliphatic carbocycles. The molecule has 1 unspecified atom stereocenters. The number of hydrogen-bond acceptors (Lipinski definition) is 6. The normalized spacial score (nSPS) is 18.7. The maximum atomic E-state index is 13.0. The molecule has 0 aromatic carbocycles. The molecule has 2 aliphatic rings. The van der Waals surface area contributed by atoms with E-state index >= 15 is 0 Å². The zero-order chi connectivity index (χ0) is 20.5. The predicted molar refractivity (Wildman–Crippen MR) is 113 cm³/mol. The van der Waals surface area contributed by atoms with E-state index in [2.05, 4.69) is 20.0 Å². The van der Waals surface area contributed by atoms with Gasteiger partial charge in [0, 0.05) is 49.5 Å². The lowest BCUT2D eigenvalue weighted by Crippen LogP contribution is -2.41. The van der Waals surface area contributed by atoms with Crippen LogP contribution in [0.4, 0.5) is 5.82 Å². The van der Waals surface area contributed by atoms with Crippen LogP contribution in [0.3, 0.4) is 0 Å². The van der Waals surface area contributed by atoms with Crippen molar-refractivity contribution in [2.24, 2.45) is 5.92 Å². The highest BCUT2D eigenvalue weighted by atomic mass is 16.1. The van der Waals surface area contributed by atoms with Gasteiger partial charge < -0.3 is 9.47 Å². The van der Waals surface area contributed by atoms with Crippen molar-refractivity contribution in [1.82, 2.24) is 24.3 Å². The molecule has 8 heteroatoms. The van der Waals surface area contributed by atoms with Crippen LogP contribution in [0.2, 0.25) is 0 Å². The molecule has 1 aliphatic heterocycles. The minimum absolute atomic E-state index is 0.0105.